The molecule has 0 aromatic heterocycles. The highest BCUT2D eigenvalue weighted by Crippen LogP contribution is 2.36. The minimum Gasteiger partial charge on any atom is -0.478 e. The number of benzene rings is 1. The van der Waals surface area contributed by atoms with E-state index in [2.05, 4.69) is 36.7 Å². The van der Waals surface area contributed by atoms with Crippen molar-refractivity contribution in [3.8, 4) is 5.75 Å². The van der Waals surface area contributed by atoms with Crippen molar-refractivity contribution in [3.63, 3.8) is 0 Å². The van der Waals surface area contributed by atoms with Gasteiger partial charge >= 0.3 is 5.97 Å². The molecule has 7 heteroatoms. The minimum absolute atomic E-state index is 0.0446. The maximum Gasteiger partial charge on any atom is 0.347 e. The lowest BCUT2D eigenvalue weighted by Crippen LogP contribution is -2.45. The number of hydrogen-bond donors (Lipinski definition) is 1. The Kier molecular flexibility index (Phi) is 6.17. The third-order valence-corrected chi connectivity index (χ3v) is 8.83. The first-order valence-corrected chi connectivity index (χ1v) is 10.6. The van der Waals surface area contributed by atoms with E-state index < -0.39 is 26.2 Å². The van der Waals surface area contributed by atoms with E-state index in [0.29, 0.717) is 4.47 Å². The van der Waals surface area contributed by atoms with Crippen molar-refractivity contribution in [1.82, 2.24) is 0 Å². The summed E-state index contributed by atoms with van der Waals surface area (Å²) >= 11 is 3.20. The Labute approximate surface area is 139 Å². The summed E-state index contributed by atoms with van der Waals surface area (Å²) in [6, 6.07) is 4.13. The summed E-state index contributed by atoms with van der Waals surface area (Å²) in [6.45, 7) is 10.1. The van der Waals surface area contributed by atoms with Gasteiger partial charge in [-0.15, -0.1) is 0 Å². The zero-order valence-electron chi connectivity index (χ0n) is 13.4. The highest BCUT2D eigenvalue weighted by Gasteiger charge is 2.38. The Morgan fingerprint density at radius 2 is 2.00 bits per heavy atom. The van der Waals surface area contributed by atoms with E-state index in [9.17, 15) is 14.3 Å². The standard InChI is InChI=1S/C15H22BrFO4Si/c1-15(2,3)22(4,5)20-9-13(14(18)19)21-12-8-10(16)6-7-11(12)17/h6-8,13H,9H2,1-5H3,(H,18,19). The average Bonchev–Trinajstić information content (AvgIpc) is 2.36. The number of carboxylic acid groups (broad SMARTS) is 1. The topological polar surface area (TPSA) is 55.8 Å². The van der Waals surface area contributed by atoms with Crippen molar-refractivity contribution < 1.29 is 23.5 Å². The second-order valence-corrected chi connectivity index (χ2v) is 12.3. The van der Waals surface area contributed by atoms with E-state index in [4.69, 9.17) is 9.16 Å². The number of halogens is 2. The molecule has 1 rings (SSSR count). The fraction of sp³-hybridized carbons (Fsp3) is 0.533. The van der Waals surface area contributed by atoms with Crippen LogP contribution in [-0.2, 0) is 9.22 Å². The van der Waals surface area contributed by atoms with Crippen LogP contribution >= 0.6 is 15.9 Å². The third-order valence-electron chi connectivity index (χ3n) is 3.84. The Morgan fingerprint density at radius 3 is 2.50 bits per heavy atom. The molecule has 1 atom stereocenters. The summed E-state index contributed by atoms with van der Waals surface area (Å²) in [5.41, 5.74) is 0. The fourth-order valence-electron chi connectivity index (χ4n) is 1.38. The molecule has 1 unspecified atom stereocenters. The van der Waals surface area contributed by atoms with Crippen LogP contribution in [0.3, 0.4) is 0 Å². The molecular formula is C15H22BrFO4Si. The molecule has 0 aliphatic heterocycles. The number of hydrogen-bond acceptors (Lipinski definition) is 3. The predicted molar refractivity (Wildman–Crippen MR) is 89.3 cm³/mol. The van der Waals surface area contributed by atoms with Crippen molar-refractivity contribution in [2.45, 2.75) is 45.0 Å². The molecule has 0 spiro atoms. The molecule has 1 N–H and O–H groups in total. The second-order valence-electron chi connectivity index (χ2n) is 6.59. The van der Waals surface area contributed by atoms with Gasteiger partial charge in [-0.1, -0.05) is 36.7 Å². The molecule has 0 saturated carbocycles. The van der Waals surface area contributed by atoms with E-state index in [-0.39, 0.29) is 17.4 Å². The summed E-state index contributed by atoms with van der Waals surface area (Å²) in [7, 11) is -2.10. The summed E-state index contributed by atoms with van der Waals surface area (Å²) in [5, 5.41) is 9.23. The van der Waals surface area contributed by atoms with Gasteiger partial charge in [-0.3, -0.25) is 0 Å². The van der Waals surface area contributed by atoms with Crippen LogP contribution in [0.15, 0.2) is 22.7 Å². The van der Waals surface area contributed by atoms with Crippen molar-refractivity contribution in [1.29, 1.82) is 0 Å². The van der Waals surface area contributed by atoms with Crippen molar-refractivity contribution in [3.05, 3.63) is 28.5 Å². The quantitative estimate of drug-likeness (QED) is 0.726. The van der Waals surface area contributed by atoms with E-state index >= 15 is 0 Å². The van der Waals surface area contributed by atoms with Crippen molar-refractivity contribution >= 4 is 30.2 Å². The normalized spacial score (nSPS) is 13.8. The first-order chi connectivity index (χ1) is 9.94. The first-order valence-electron chi connectivity index (χ1n) is 6.92. The van der Waals surface area contributed by atoms with Crippen LogP contribution in [0.4, 0.5) is 4.39 Å². The monoisotopic (exact) mass is 392 g/mol. The molecule has 0 heterocycles. The van der Waals surface area contributed by atoms with Gasteiger partial charge in [0.25, 0.3) is 0 Å². The van der Waals surface area contributed by atoms with Gasteiger partial charge in [0, 0.05) is 4.47 Å². The van der Waals surface area contributed by atoms with Gasteiger partial charge in [-0.25, -0.2) is 9.18 Å². The number of carboxylic acids is 1. The molecule has 4 nitrogen and oxygen atoms in total. The molecular weight excluding hydrogens is 371 g/mol. The second kappa shape index (κ2) is 7.10. The van der Waals surface area contributed by atoms with Gasteiger partial charge < -0.3 is 14.3 Å². The molecule has 22 heavy (non-hydrogen) atoms. The molecule has 0 radical (unpaired) electrons. The molecule has 1 aromatic rings. The van der Waals surface area contributed by atoms with Crippen molar-refractivity contribution in [2.75, 3.05) is 6.61 Å². The molecule has 0 bridgehead atoms. The van der Waals surface area contributed by atoms with Crippen molar-refractivity contribution in [2.24, 2.45) is 0 Å². The van der Waals surface area contributed by atoms with Crippen LogP contribution in [0, 0.1) is 5.82 Å². The smallest absolute Gasteiger partial charge is 0.347 e. The van der Waals surface area contributed by atoms with Gasteiger partial charge in [0.2, 0.25) is 6.10 Å². The number of aliphatic carboxylic acids is 1. The minimum atomic E-state index is -2.10. The Morgan fingerprint density at radius 1 is 1.41 bits per heavy atom. The average molecular weight is 393 g/mol. The van der Waals surface area contributed by atoms with Crippen LogP contribution in [0.2, 0.25) is 18.1 Å². The van der Waals surface area contributed by atoms with Crippen LogP contribution in [0.5, 0.6) is 5.75 Å². The maximum absolute atomic E-state index is 13.7. The van der Waals surface area contributed by atoms with Crippen LogP contribution < -0.4 is 4.74 Å². The lowest BCUT2D eigenvalue weighted by molar-refractivity contribution is -0.146. The molecule has 0 amide bonds. The predicted octanol–water partition coefficient (Wildman–Crippen LogP) is 4.44. The maximum atomic E-state index is 13.7. The summed E-state index contributed by atoms with van der Waals surface area (Å²) in [5.74, 6) is -1.90. The Balaban J connectivity index is 2.83. The third kappa shape index (κ3) is 5.07. The number of rotatable bonds is 6. The Bertz CT molecular complexity index is 543. The SMILES string of the molecule is CC(C)(C)[Si](C)(C)OCC(Oc1cc(Br)ccc1F)C(=O)O. The highest BCUT2D eigenvalue weighted by molar-refractivity contribution is 9.10. The van der Waals surface area contributed by atoms with Gasteiger partial charge in [0.15, 0.2) is 19.9 Å². The highest BCUT2D eigenvalue weighted by atomic mass is 79.9. The summed E-state index contributed by atoms with van der Waals surface area (Å²) in [6.07, 6.45) is -1.25. The zero-order valence-corrected chi connectivity index (χ0v) is 16.0. The van der Waals surface area contributed by atoms with Gasteiger partial charge in [0.05, 0.1) is 6.61 Å². The fourth-order valence-corrected chi connectivity index (χ4v) is 2.72. The first kappa shape index (κ1) is 19.1. The van der Waals surface area contributed by atoms with Crippen LogP contribution in [0.1, 0.15) is 20.8 Å². The number of carbonyl (C=O) groups is 1. The zero-order chi connectivity index (χ0) is 17.1. The Hall–Kier alpha value is -0.923. The molecule has 0 saturated heterocycles. The molecule has 0 fully saturated rings. The van der Waals surface area contributed by atoms with E-state index in [1.807, 2.05) is 13.1 Å². The lowest BCUT2D eigenvalue weighted by Gasteiger charge is -2.36. The van der Waals surface area contributed by atoms with E-state index in [1.165, 1.54) is 18.2 Å². The van der Waals surface area contributed by atoms with Crippen LogP contribution in [-0.4, -0.2) is 32.1 Å². The number of ether oxygens (including phenoxy) is 1. The van der Waals surface area contributed by atoms with Gasteiger partial charge in [-0.05, 0) is 36.3 Å². The summed E-state index contributed by atoms with van der Waals surface area (Å²) in [4.78, 5) is 11.3. The van der Waals surface area contributed by atoms with Crippen LogP contribution in [0.25, 0.3) is 0 Å². The van der Waals surface area contributed by atoms with Gasteiger partial charge in [0.1, 0.15) is 0 Å². The largest absolute Gasteiger partial charge is 0.478 e. The lowest BCUT2D eigenvalue weighted by atomic mass is 10.2. The van der Waals surface area contributed by atoms with E-state index in [0.717, 1.165) is 0 Å². The summed E-state index contributed by atoms with van der Waals surface area (Å²) < 4.78 is 25.4. The molecule has 1 aromatic carbocycles. The molecule has 124 valence electrons. The van der Waals surface area contributed by atoms with Gasteiger partial charge in [-0.2, -0.15) is 0 Å². The molecule has 0 aliphatic carbocycles. The van der Waals surface area contributed by atoms with E-state index in [1.54, 1.807) is 0 Å². The molecule has 0 aliphatic rings.